The van der Waals surface area contributed by atoms with E-state index in [2.05, 4.69) is 32.0 Å². The van der Waals surface area contributed by atoms with E-state index in [1.807, 2.05) is 33.7 Å². The Hall–Kier alpha value is -1.79. The van der Waals surface area contributed by atoms with Crippen LogP contribution in [-0.2, 0) is 20.9 Å². The van der Waals surface area contributed by atoms with Crippen LogP contribution in [0.25, 0.3) is 0 Å². The van der Waals surface area contributed by atoms with Crippen LogP contribution in [0.4, 0.5) is 0 Å². The van der Waals surface area contributed by atoms with Crippen LogP contribution < -0.4 is 0 Å². The maximum Gasteiger partial charge on any atom is 0.230 e. The number of fused-ring (bicyclic) bond motifs is 1. The summed E-state index contributed by atoms with van der Waals surface area (Å²) >= 11 is 1.88. The highest BCUT2D eigenvalue weighted by molar-refractivity contribution is 7.99. The van der Waals surface area contributed by atoms with E-state index in [1.165, 1.54) is 11.1 Å². The van der Waals surface area contributed by atoms with Gasteiger partial charge in [0.15, 0.2) is 0 Å². The molecule has 6 heteroatoms. The smallest absolute Gasteiger partial charge is 0.230 e. The quantitative estimate of drug-likeness (QED) is 0.733. The third kappa shape index (κ3) is 2.72. The molecule has 148 valence electrons. The average Bonchev–Trinajstić information content (AvgIpc) is 3.33. The van der Waals surface area contributed by atoms with Gasteiger partial charge in [0.2, 0.25) is 11.8 Å². The lowest BCUT2D eigenvalue weighted by atomic mass is 9.76. The fraction of sp³-hybridized carbons (Fsp3) is 0.545. The maximum absolute atomic E-state index is 13.4. The molecule has 0 N–H and O–H groups in total. The Morgan fingerprint density at radius 2 is 2.04 bits per heavy atom. The topological polar surface area (TPSA) is 49.9 Å². The lowest BCUT2D eigenvalue weighted by molar-refractivity contribution is -0.143. The van der Waals surface area contributed by atoms with E-state index < -0.39 is 5.60 Å². The molecule has 0 saturated carbocycles. The van der Waals surface area contributed by atoms with Gasteiger partial charge in [-0.3, -0.25) is 9.59 Å². The molecule has 1 spiro atoms. The van der Waals surface area contributed by atoms with Crippen molar-refractivity contribution in [3.05, 3.63) is 47.0 Å². The highest BCUT2D eigenvalue weighted by Gasteiger charge is 2.67. The van der Waals surface area contributed by atoms with E-state index in [9.17, 15) is 9.59 Å². The van der Waals surface area contributed by atoms with Crippen molar-refractivity contribution in [1.29, 1.82) is 0 Å². The second-order valence-electron chi connectivity index (χ2n) is 8.45. The summed E-state index contributed by atoms with van der Waals surface area (Å²) in [6.45, 7) is 6.85. The molecule has 4 aliphatic heterocycles. The summed E-state index contributed by atoms with van der Waals surface area (Å²) in [7, 11) is 0. The van der Waals surface area contributed by atoms with Crippen LogP contribution in [0.5, 0.6) is 0 Å². The fourth-order valence-corrected chi connectivity index (χ4v) is 6.01. The highest BCUT2D eigenvalue weighted by atomic mass is 32.2. The monoisotopic (exact) mass is 398 g/mol. The number of likely N-dealkylation sites (tertiary alicyclic amines) is 1. The summed E-state index contributed by atoms with van der Waals surface area (Å²) in [5.74, 6) is 1.37. The van der Waals surface area contributed by atoms with Gasteiger partial charge in [-0.2, -0.15) is 11.8 Å². The number of carbonyl (C=O) groups is 2. The number of benzene rings is 1. The van der Waals surface area contributed by atoms with Gasteiger partial charge in [-0.15, -0.1) is 0 Å². The summed E-state index contributed by atoms with van der Waals surface area (Å²) in [5.41, 5.74) is 2.99. The minimum Gasteiger partial charge on any atom is -0.360 e. The maximum atomic E-state index is 13.4. The third-order valence-electron chi connectivity index (χ3n) is 6.73. The molecule has 4 atom stereocenters. The average molecular weight is 399 g/mol. The lowest BCUT2D eigenvalue weighted by Gasteiger charge is -2.32. The van der Waals surface area contributed by atoms with Gasteiger partial charge in [-0.1, -0.05) is 30.4 Å². The zero-order chi connectivity index (χ0) is 19.5. The number of aryl methyl sites for hydroxylation is 2. The normalized spacial score (nSPS) is 33.6. The molecule has 3 fully saturated rings. The standard InChI is InChI=1S/C22H26N2O3S/c1-14-3-4-16(11-15(14)2)12-24-13-22-6-5-17(27-22)18(19(22)21(24)26)20(25)23-7-9-28-10-8-23/h3-6,11,17-19H,7-10,12-13H2,1-2H3/t17-,18-,19+,22-/m0/s1. The molecule has 28 heavy (non-hydrogen) atoms. The first kappa shape index (κ1) is 18.3. The van der Waals surface area contributed by atoms with Gasteiger partial charge >= 0.3 is 0 Å². The first-order valence-corrected chi connectivity index (χ1v) is 11.2. The zero-order valence-corrected chi connectivity index (χ0v) is 17.2. The van der Waals surface area contributed by atoms with Crippen molar-refractivity contribution in [2.24, 2.45) is 11.8 Å². The van der Waals surface area contributed by atoms with Crippen molar-refractivity contribution in [2.75, 3.05) is 31.1 Å². The number of carbonyl (C=O) groups excluding carboxylic acids is 2. The van der Waals surface area contributed by atoms with E-state index in [1.54, 1.807) is 0 Å². The Morgan fingerprint density at radius 1 is 1.25 bits per heavy atom. The van der Waals surface area contributed by atoms with Crippen LogP contribution in [0.1, 0.15) is 16.7 Å². The molecule has 4 aliphatic rings. The number of amides is 2. The number of nitrogens with zero attached hydrogens (tertiary/aromatic N) is 2. The van der Waals surface area contributed by atoms with E-state index in [0.717, 1.165) is 30.2 Å². The Labute approximate surface area is 170 Å². The molecule has 4 heterocycles. The van der Waals surface area contributed by atoms with Crippen molar-refractivity contribution < 1.29 is 14.3 Å². The molecular formula is C22H26N2O3S. The molecular weight excluding hydrogens is 372 g/mol. The molecule has 0 unspecified atom stereocenters. The van der Waals surface area contributed by atoms with Gasteiger partial charge in [0.1, 0.15) is 5.60 Å². The van der Waals surface area contributed by atoms with Gasteiger partial charge in [0.25, 0.3) is 0 Å². The van der Waals surface area contributed by atoms with E-state index >= 15 is 0 Å². The van der Waals surface area contributed by atoms with Crippen molar-refractivity contribution in [3.8, 4) is 0 Å². The predicted octanol–water partition coefficient (Wildman–Crippen LogP) is 2.16. The van der Waals surface area contributed by atoms with Gasteiger partial charge < -0.3 is 14.5 Å². The molecule has 2 bridgehead atoms. The van der Waals surface area contributed by atoms with E-state index in [0.29, 0.717) is 13.1 Å². The minimum absolute atomic E-state index is 0.0646. The van der Waals surface area contributed by atoms with Crippen molar-refractivity contribution in [1.82, 2.24) is 9.80 Å². The first-order valence-electron chi connectivity index (χ1n) is 10.1. The second-order valence-corrected chi connectivity index (χ2v) is 9.68. The molecule has 3 saturated heterocycles. The Balaban J connectivity index is 1.39. The highest BCUT2D eigenvalue weighted by Crippen LogP contribution is 2.52. The number of rotatable bonds is 3. The number of hydrogen-bond donors (Lipinski definition) is 0. The summed E-state index contributed by atoms with van der Waals surface area (Å²) in [4.78, 5) is 30.4. The van der Waals surface area contributed by atoms with Crippen LogP contribution in [0, 0.1) is 25.7 Å². The van der Waals surface area contributed by atoms with E-state index in [4.69, 9.17) is 4.74 Å². The second kappa shape index (κ2) is 6.63. The molecule has 5 rings (SSSR count). The van der Waals surface area contributed by atoms with Crippen molar-refractivity contribution in [2.45, 2.75) is 32.1 Å². The van der Waals surface area contributed by atoms with Crippen LogP contribution in [-0.4, -0.2) is 64.5 Å². The molecule has 0 aliphatic carbocycles. The molecule has 0 aromatic heterocycles. The van der Waals surface area contributed by atoms with Gasteiger partial charge in [-0.05, 0) is 30.5 Å². The summed E-state index contributed by atoms with van der Waals surface area (Å²) in [6, 6.07) is 6.34. The van der Waals surface area contributed by atoms with Crippen molar-refractivity contribution in [3.63, 3.8) is 0 Å². The third-order valence-corrected chi connectivity index (χ3v) is 7.67. The number of ether oxygens (including phenoxy) is 1. The largest absolute Gasteiger partial charge is 0.360 e. The van der Waals surface area contributed by atoms with E-state index in [-0.39, 0.29) is 29.8 Å². The summed E-state index contributed by atoms with van der Waals surface area (Å²) < 4.78 is 6.26. The lowest BCUT2D eigenvalue weighted by Crippen LogP contribution is -2.48. The SMILES string of the molecule is Cc1ccc(CN2C[C@]34C=C[C@H](O3)[C@H](C(=O)N3CCSCC3)[C@@H]4C2=O)cc1C. The van der Waals surface area contributed by atoms with Crippen LogP contribution in [0.3, 0.4) is 0 Å². The Morgan fingerprint density at radius 3 is 2.79 bits per heavy atom. The zero-order valence-electron chi connectivity index (χ0n) is 16.4. The summed E-state index contributed by atoms with van der Waals surface area (Å²) in [5, 5.41) is 0. The number of thioether (sulfide) groups is 1. The van der Waals surface area contributed by atoms with Crippen LogP contribution in [0.15, 0.2) is 30.4 Å². The molecule has 2 amide bonds. The van der Waals surface area contributed by atoms with Gasteiger partial charge in [0.05, 0.1) is 24.5 Å². The number of hydrogen-bond acceptors (Lipinski definition) is 4. The molecule has 5 nitrogen and oxygen atoms in total. The van der Waals surface area contributed by atoms with Gasteiger partial charge in [-0.25, -0.2) is 0 Å². The van der Waals surface area contributed by atoms with Crippen LogP contribution >= 0.6 is 11.8 Å². The molecule has 0 radical (unpaired) electrons. The van der Waals surface area contributed by atoms with Gasteiger partial charge in [0, 0.05) is 31.1 Å². The summed E-state index contributed by atoms with van der Waals surface area (Å²) in [6.07, 6.45) is 3.79. The Bertz CT molecular complexity index is 863. The van der Waals surface area contributed by atoms with Crippen molar-refractivity contribution >= 4 is 23.6 Å². The molecule has 1 aromatic rings. The van der Waals surface area contributed by atoms with Crippen LogP contribution in [0.2, 0.25) is 0 Å². The molecule has 1 aromatic carbocycles. The Kier molecular flexibility index (Phi) is 4.32. The predicted molar refractivity (Wildman–Crippen MR) is 109 cm³/mol. The fourth-order valence-electron chi connectivity index (χ4n) is 5.11. The minimum atomic E-state index is -0.619. The first-order chi connectivity index (χ1) is 13.5.